The number of allylic oxidation sites excluding steroid dienone is 1. The van der Waals surface area contributed by atoms with Crippen LogP contribution in [0.5, 0.6) is 0 Å². The van der Waals surface area contributed by atoms with Crippen molar-refractivity contribution in [1.82, 2.24) is 0 Å². The summed E-state index contributed by atoms with van der Waals surface area (Å²) in [6, 6.07) is 0. The Labute approximate surface area is 460 Å². The standard InChI is InChI=1S/C54H92O25/c1-21(25(58)15-33(51(4,5)71)78-47-42(68)39(65)36(62)29(76-47)20-72-46-41(67)37(63)34(60)26(17-55)73-46)22-13-14-52(6)30-11-9-23-24(54(30,8)31(59)16-53(22,52)7)10-12-32(50(23,2)3)77-48-44(70)40(66)45(28(19-57)75-48)79-49-43(69)38(64)35(61)27(18-56)74-49/h9,21-22,24-49,55-71H,10-20H2,1-8H3/t21-,22+,24+,25?,26+,27+,28+,29+,30-,31+,32-,33+,34+,35+,36+,37-,38-,39-,40+,41+,42+,43+,44+,45+,46+,47-,48-,49-,52-,53+,54-/m0/s1. The van der Waals surface area contributed by atoms with Crippen molar-refractivity contribution < 1.29 is 125 Å². The van der Waals surface area contributed by atoms with E-state index in [0.717, 1.165) is 18.4 Å². The largest absolute Gasteiger partial charge is 0.394 e. The van der Waals surface area contributed by atoms with E-state index >= 15 is 0 Å². The third-order valence-electron chi connectivity index (χ3n) is 20.9. The summed E-state index contributed by atoms with van der Waals surface area (Å²) < 4.78 is 46.8. The lowest BCUT2D eigenvalue weighted by Crippen LogP contribution is -2.66. The fourth-order valence-corrected chi connectivity index (χ4v) is 15.6. The van der Waals surface area contributed by atoms with Gasteiger partial charge in [0.2, 0.25) is 0 Å². The van der Waals surface area contributed by atoms with Crippen molar-refractivity contribution in [3.8, 4) is 0 Å². The second-order valence-corrected chi connectivity index (χ2v) is 26.0. The minimum absolute atomic E-state index is 0.00602. The molecule has 0 aromatic heterocycles. The third-order valence-corrected chi connectivity index (χ3v) is 20.9. The van der Waals surface area contributed by atoms with Gasteiger partial charge in [-0.15, -0.1) is 0 Å². The van der Waals surface area contributed by atoms with Gasteiger partial charge in [0.15, 0.2) is 25.2 Å². The third kappa shape index (κ3) is 11.2. The molecule has 25 nitrogen and oxygen atoms in total. The number of fused-ring (bicyclic) bond motifs is 5. The monoisotopic (exact) mass is 1140 g/mol. The first-order valence-corrected chi connectivity index (χ1v) is 28.1. The average Bonchev–Trinajstić information content (AvgIpc) is 3.98. The maximum atomic E-state index is 12.7. The Bertz CT molecular complexity index is 2060. The lowest BCUT2D eigenvalue weighted by Gasteiger charge is -2.67. The molecule has 25 heteroatoms. The smallest absolute Gasteiger partial charge is 0.187 e. The van der Waals surface area contributed by atoms with Gasteiger partial charge in [-0.25, -0.2) is 0 Å². The SMILES string of the molecule is C[C@H](C(O)C[C@@H](O[C@@H]1O[C@H](CO[C@@H]2O[C@H](CO)[C@@H](O)[C@H](O)[C@H]2O)[C@@H](O)[C@H](O)[C@H]1O)C(C)(C)O)[C@H]1CC[C@@]2(C)[C@@H]3CC=C4[C@@H](CC[C@H](O[C@@H]5O[C@H](CO)[C@@H](O[C@@H]6O[C@H](CO)[C@@H](O)[C@H](O)[C@H]6O)[C@H](O)[C@H]5O)C4(C)C)[C@]3(C)[C@H](O)C[C@]12C. The van der Waals surface area contributed by atoms with Crippen LogP contribution in [0.25, 0.3) is 0 Å². The van der Waals surface area contributed by atoms with E-state index in [1.807, 2.05) is 20.8 Å². The van der Waals surface area contributed by atoms with Gasteiger partial charge >= 0.3 is 0 Å². The van der Waals surface area contributed by atoms with Crippen LogP contribution in [-0.4, -0.2) is 266 Å². The Morgan fingerprint density at radius 3 is 1.70 bits per heavy atom. The van der Waals surface area contributed by atoms with Gasteiger partial charge in [-0.2, -0.15) is 0 Å². The maximum Gasteiger partial charge on any atom is 0.187 e. The first-order valence-electron chi connectivity index (χ1n) is 28.1. The molecule has 0 spiro atoms. The highest BCUT2D eigenvalue weighted by atomic mass is 16.8. The van der Waals surface area contributed by atoms with Gasteiger partial charge < -0.3 is 125 Å². The summed E-state index contributed by atoms with van der Waals surface area (Å²) in [6.45, 7) is 12.9. The topological polar surface area (TPSA) is 418 Å². The summed E-state index contributed by atoms with van der Waals surface area (Å²) >= 11 is 0. The predicted octanol–water partition coefficient (Wildman–Crippen LogP) is -4.26. The van der Waals surface area contributed by atoms with Crippen LogP contribution in [-0.2, 0) is 37.9 Å². The highest BCUT2D eigenvalue weighted by Crippen LogP contribution is 2.75. The van der Waals surface area contributed by atoms with Gasteiger partial charge in [0.1, 0.15) is 97.7 Å². The second kappa shape index (κ2) is 23.9. The lowest BCUT2D eigenvalue weighted by molar-refractivity contribution is -0.365. The Balaban J connectivity index is 0.925. The minimum atomic E-state index is -1.84. The van der Waals surface area contributed by atoms with Crippen LogP contribution in [0.1, 0.15) is 100 Å². The fraction of sp³-hybridized carbons (Fsp3) is 0.963. The second-order valence-electron chi connectivity index (χ2n) is 26.0. The zero-order valence-corrected chi connectivity index (χ0v) is 46.4. The molecular formula is C54H92O25. The van der Waals surface area contributed by atoms with Crippen LogP contribution in [0.2, 0.25) is 0 Å². The van der Waals surface area contributed by atoms with E-state index in [4.69, 9.17) is 37.9 Å². The van der Waals surface area contributed by atoms with Gasteiger partial charge in [-0.05, 0) is 86.9 Å². The summed E-state index contributed by atoms with van der Waals surface area (Å²) in [6.07, 6.45) is -30.3. The molecule has 8 rings (SSSR count). The van der Waals surface area contributed by atoms with Gasteiger partial charge in [-0.3, -0.25) is 0 Å². The Kier molecular flexibility index (Phi) is 19.3. The first kappa shape index (κ1) is 63.8. The fourth-order valence-electron chi connectivity index (χ4n) is 15.6. The van der Waals surface area contributed by atoms with Crippen molar-refractivity contribution >= 4 is 0 Å². The van der Waals surface area contributed by atoms with Gasteiger partial charge in [-0.1, -0.05) is 53.2 Å². The number of hydrogen-bond acceptors (Lipinski definition) is 25. The van der Waals surface area contributed by atoms with E-state index < -0.39 is 201 Å². The molecule has 0 bridgehead atoms. The molecule has 4 saturated heterocycles. The van der Waals surface area contributed by atoms with Gasteiger partial charge in [0.25, 0.3) is 0 Å². The molecule has 0 radical (unpaired) electrons. The highest BCUT2D eigenvalue weighted by Gasteiger charge is 2.71. The van der Waals surface area contributed by atoms with Crippen molar-refractivity contribution in [2.45, 2.75) is 253 Å². The Hall–Kier alpha value is -1.26. The molecule has 3 saturated carbocycles. The number of ether oxygens (including phenoxy) is 8. The minimum Gasteiger partial charge on any atom is -0.394 e. The Morgan fingerprint density at radius 1 is 0.608 bits per heavy atom. The molecule has 4 heterocycles. The van der Waals surface area contributed by atoms with Crippen molar-refractivity contribution in [2.75, 3.05) is 26.4 Å². The van der Waals surface area contributed by atoms with Gasteiger partial charge in [0, 0.05) is 17.3 Å². The molecule has 0 aromatic carbocycles. The van der Waals surface area contributed by atoms with Crippen LogP contribution < -0.4 is 0 Å². The quantitative estimate of drug-likeness (QED) is 0.0613. The van der Waals surface area contributed by atoms with E-state index in [2.05, 4.69) is 26.8 Å². The molecule has 7 fully saturated rings. The first-order chi connectivity index (χ1) is 36.8. The molecule has 1 unspecified atom stereocenters. The number of hydrogen-bond donors (Lipinski definition) is 17. The zero-order valence-electron chi connectivity index (χ0n) is 46.4. The molecule has 4 aliphatic heterocycles. The van der Waals surface area contributed by atoms with Crippen molar-refractivity contribution in [1.29, 1.82) is 0 Å². The molecule has 0 amide bonds. The molecule has 31 atom stereocenters. The summed E-state index contributed by atoms with van der Waals surface area (Å²) in [5.74, 6) is -0.589. The zero-order chi connectivity index (χ0) is 58.4. The number of aliphatic hydroxyl groups is 17. The molecule has 79 heavy (non-hydrogen) atoms. The van der Waals surface area contributed by atoms with Crippen LogP contribution in [0.4, 0.5) is 0 Å². The molecule has 4 aliphatic carbocycles. The molecule has 0 aromatic rings. The van der Waals surface area contributed by atoms with Crippen molar-refractivity contribution in [2.24, 2.45) is 45.3 Å². The van der Waals surface area contributed by atoms with Crippen molar-refractivity contribution in [3.63, 3.8) is 0 Å². The number of aliphatic hydroxyl groups excluding tert-OH is 16. The van der Waals surface area contributed by atoms with Crippen LogP contribution >= 0.6 is 0 Å². The molecule has 17 N–H and O–H groups in total. The summed E-state index contributed by atoms with van der Waals surface area (Å²) in [5.41, 5.74) is -2.65. The summed E-state index contributed by atoms with van der Waals surface area (Å²) in [5, 5.41) is 184. The van der Waals surface area contributed by atoms with E-state index in [1.165, 1.54) is 13.8 Å². The summed E-state index contributed by atoms with van der Waals surface area (Å²) in [4.78, 5) is 0. The van der Waals surface area contributed by atoms with Crippen LogP contribution in [0.15, 0.2) is 11.6 Å². The van der Waals surface area contributed by atoms with Crippen LogP contribution in [0, 0.1) is 45.3 Å². The van der Waals surface area contributed by atoms with Gasteiger partial charge in [0.05, 0.1) is 56.4 Å². The lowest BCUT2D eigenvalue weighted by atomic mass is 9.38. The Morgan fingerprint density at radius 2 is 1.11 bits per heavy atom. The maximum absolute atomic E-state index is 12.7. The molecular weight excluding hydrogens is 1050 g/mol. The van der Waals surface area contributed by atoms with E-state index in [0.29, 0.717) is 25.7 Å². The van der Waals surface area contributed by atoms with Crippen LogP contribution in [0.3, 0.4) is 0 Å². The number of rotatable bonds is 17. The molecule has 8 aliphatic rings. The van der Waals surface area contributed by atoms with E-state index in [1.54, 1.807) is 0 Å². The van der Waals surface area contributed by atoms with E-state index in [9.17, 15) is 86.8 Å². The summed E-state index contributed by atoms with van der Waals surface area (Å²) in [7, 11) is 0. The van der Waals surface area contributed by atoms with Crippen molar-refractivity contribution in [3.05, 3.63) is 11.6 Å². The predicted molar refractivity (Wildman–Crippen MR) is 269 cm³/mol. The van der Waals surface area contributed by atoms with E-state index in [-0.39, 0.29) is 29.6 Å². The normalized spacial score (nSPS) is 51.4. The average molecular weight is 1140 g/mol. The highest BCUT2D eigenvalue weighted by molar-refractivity contribution is 5.32. The molecule has 458 valence electrons.